The zero-order valence-electron chi connectivity index (χ0n) is 15.7. The third-order valence-electron chi connectivity index (χ3n) is 4.73. The largest absolute Gasteiger partial charge is 0.417 e. The highest BCUT2D eigenvalue weighted by molar-refractivity contribution is 6.06. The summed E-state index contributed by atoms with van der Waals surface area (Å²) in [4.78, 5) is 25.8. The molecule has 156 valence electrons. The summed E-state index contributed by atoms with van der Waals surface area (Å²) in [6, 6.07) is 17.0. The Bertz CT molecular complexity index is 1310. The van der Waals surface area contributed by atoms with E-state index >= 15 is 0 Å². The summed E-state index contributed by atoms with van der Waals surface area (Å²) in [5, 5.41) is 14.2. The van der Waals surface area contributed by atoms with E-state index in [1.165, 1.54) is 54.6 Å². The SMILES string of the molecule is O=C(Nc1cccc(-c2ccccc2C(F)(F)F)c1)c1cc2ccc([N+](=O)[O-])cc2[nH]1. The molecule has 1 aromatic heterocycles. The van der Waals surface area contributed by atoms with Gasteiger partial charge < -0.3 is 10.3 Å². The van der Waals surface area contributed by atoms with Crippen LogP contribution in [0.1, 0.15) is 16.1 Å². The van der Waals surface area contributed by atoms with Crippen LogP contribution in [0.3, 0.4) is 0 Å². The number of carbonyl (C=O) groups excluding carboxylic acids is 1. The van der Waals surface area contributed by atoms with Crippen molar-refractivity contribution in [2.45, 2.75) is 6.18 Å². The van der Waals surface area contributed by atoms with Gasteiger partial charge in [0.15, 0.2) is 0 Å². The Morgan fingerprint density at radius 3 is 2.48 bits per heavy atom. The molecule has 0 saturated heterocycles. The van der Waals surface area contributed by atoms with E-state index in [0.717, 1.165) is 6.07 Å². The molecule has 31 heavy (non-hydrogen) atoms. The first kappa shape index (κ1) is 20.1. The van der Waals surface area contributed by atoms with E-state index in [4.69, 9.17) is 0 Å². The van der Waals surface area contributed by atoms with E-state index in [1.807, 2.05) is 0 Å². The van der Waals surface area contributed by atoms with Crippen molar-refractivity contribution >= 4 is 28.2 Å². The van der Waals surface area contributed by atoms with Gasteiger partial charge in [0.05, 0.1) is 16.0 Å². The molecule has 0 radical (unpaired) electrons. The normalized spacial score (nSPS) is 11.5. The summed E-state index contributed by atoms with van der Waals surface area (Å²) in [5.41, 5.74) is 0.322. The van der Waals surface area contributed by atoms with E-state index in [-0.39, 0.29) is 16.9 Å². The number of halogens is 3. The number of rotatable bonds is 4. The molecule has 6 nitrogen and oxygen atoms in total. The van der Waals surface area contributed by atoms with Crippen molar-refractivity contribution in [3.05, 3.63) is 94.2 Å². The van der Waals surface area contributed by atoms with E-state index < -0.39 is 22.6 Å². The van der Waals surface area contributed by atoms with Gasteiger partial charge in [0.1, 0.15) is 5.69 Å². The molecule has 0 saturated carbocycles. The van der Waals surface area contributed by atoms with Crippen molar-refractivity contribution in [2.24, 2.45) is 0 Å². The lowest BCUT2D eigenvalue weighted by Gasteiger charge is -2.13. The zero-order valence-corrected chi connectivity index (χ0v) is 15.7. The van der Waals surface area contributed by atoms with Gasteiger partial charge in [0, 0.05) is 23.2 Å². The lowest BCUT2D eigenvalue weighted by molar-refractivity contribution is -0.384. The van der Waals surface area contributed by atoms with Crippen LogP contribution < -0.4 is 5.32 Å². The molecule has 4 aromatic rings. The number of anilines is 1. The maximum atomic E-state index is 13.3. The molecular weight excluding hydrogens is 411 g/mol. The van der Waals surface area contributed by atoms with Gasteiger partial charge in [-0.3, -0.25) is 14.9 Å². The number of hydrogen-bond acceptors (Lipinski definition) is 3. The minimum Gasteiger partial charge on any atom is -0.350 e. The van der Waals surface area contributed by atoms with Crippen LogP contribution in [0.2, 0.25) is 0 Å². The highest BCUT2D eigenvalue weighted by Gasteiger charge is 2.33. The molecule has 3 aromatic carbocycles. The number of aromatic amines is 1. The molecule has 0 atom stereocenters. The van der Waals surface area contributed by atoms with Gasteiger partial charge in [-0.1, -0.05) is 30.3 Å². The van der Waals surface area contributed by atoms with Gasteiger partial charge in [-0.15, -0.1) is 0 Å². The highest BCUT2D eigenvalue weighted by atomic mass is 19.4. The van der Waals surface area contributed by atoms with Crippen LogP contribution in [-0.4, -0.2) is 15.8 Å². The fourth-order valence-electron chi connectivity index (χ4n) is 3.30. The number of benzene rings is 3. The topological polar surface area (TPSA) is 88.0 Å². The first-order chi connectivity index (χ1) is 14.7. The number of non-ortho nitro benzene ring substituents is 1. The van der Waals surface area contributed by atoms with Gasteiger partial charge in [-0.2, -0.15) is 13.2 Å². The van der Waals surface area contributed by atoms with Crippen LogP contribution in [0.4, 0.5) is 24.5 Å². The van der Waals surface area contributed by atoms with E-state index in [9.17, 15) is 28.1 Å². The number of aromatic nitrogens is 1. The fraction of sp³-hybridized carbons (Fsp3) is 0.0455. The minimum absolute atomic E-state index is 0.00372. The van der Waals surface area contributed by atoms with Crippen molar-refractivity contribution in [2.75, 3.05) is 5.32 Å². The standard InChI is InChI=1S/C22H14F3N3O3/c23-22(24,25)18-7-2-1-6-17(18)13-4-3-5-15(10-13)26-21(29)20-11-14-8-9-16(28(30)31)12-19(14)27-20/h1-12,27H,(H,26,29). The number of nitrogens with one attached hydrogen (secondary N) is 2. The summed E-state index contributed by atoms with van der Waals surface area (Å²) >= 11 is 0. The Balaban J connectivity index is 1.62. The average molecular weight is 425 g/mol. The molecule has 1 heterocycles. The Kier molecular flexibility index (Phi) is 4.94. The van der Waals surface area contributed by atoms with Crippen molar-refractivity contribution in [3.63, 3.8) is 0 Å². The number of H-pyrrole nitrogens is 1. The second kappa shape index (κ2) is 7.60. The molecule has 2 N–H and O–H groups in total. The lowest BCUT2D eigenvalue weighted by Crippen LogP contribution is -2.12. The second-order valence-electron chi connectivity index (χ2n) is 6.79. The molecule has 0 aliphatic carbocycles. The number of nitrogens with zero attached hydrogens (tertiary/aromatic N) is 1. The number of fused-ring (bicyclic) bond motifs is 1. The predicted octanol–water partition coefficient (Wildman–Crippen LogP) is 6.01. The fourth-order valence-corrected chi connectivity index (χ4v) is 3.30. The summed E-state index contributed by atoms with van der Waals surface area (Å²) in [6.45, 7) is 0. The Morgan fingerprint density at radius 2 is 1.74 bits per heavy atom. The van der Waals surface area contributed by atoms with Gasteiger partial charge in [-0.05, 0) is 41.5 Å². The molecule has 4 rings (SSSR count). The maximum absolute atomic E-state index is 13.3. The number of amides is 1. The quantitative estimate of drug-likeness (QED) is 0.310. The number of carbonyl (C=O) groups is 1. The predicted molar refractivity (Wildman–Crippen MR) is 110 cm³/mol. The molecule has 0 fully saturated rings. The van der Waals surface area contributed by atoms with Crippen molar-refractivity contribution in [1.29, 1.82) is 0 Å². The summed E-state index contributed by atoms with van der Waals surface area (Å²) in [7, 11) is 0. The monoisotopic (exact) mass is 425 g/mol. The minimum atomic E-state index is -4.51. The first-order valence-electron chi connectivity index (χ1n) is 9.07. The van der Waals surface area contributed by atoms with Gasteiger partial charge in [0.2, 0.25) is 0 Å². The number of nitro groups is 1. The Hall–Kier alpha value is -4.14. The molecule has 9 heteroatoms. The number of hydrogen-bond donors (Lipinski definition) is 2. The first-order valence-corrected chi connectivity index (χ1v) is 9.07. The highest BCUT2D eigenvalue weighted by Crippen LogP contribution is 2.37. The Labute approximate surface area is 173 Å². The zero-order chi connectivity index (χ0) is 22.2. The summed E-state index contributed by atoms with van der Waals surface area (Å²) in [6.07, 6.45) is -4.51. The molecule has 0 aliphatic rings. The number of alkyl halides is 3. The van der Waals surface area contributed by atoms with E-state index in [2.05, 4.69) is 10.3 Å². The van der Waals surface area contributed by atoms with Gasteiger partial charge in [-0.25, -0.2) is 0 Å². The molecule has 1 amide bonds. The van der Waals surface area contributed by atoms with Crippen LogP contribution >= 0.6 is 0 Å². The lowest BCUT2D eigenvalue weighted by atomic mass is 9.99. The summed E-state index contributed by atoms with van der Waals surface area (Å²) in [5.74, 6) is -0.528. The van der Waals surface area contributed by atoms with Crippen LogP contribution in [0.25, 0.3) is 22.0 Å². The third-order valence-corrected chi connectivity index (χ3v) is 4.73. The smallest absolute Gasteiger partial charge is 0.350 e. The van der Waals surface area contributed by atoms with Gasteiger partial charge in [0.25, 0.3) is 11.6 Å². The third kappa shape index (κ3) is 4.11. The average Bonchev–Trinajstić information content (AvgIpc) is 3.17. The van der Waals surface area contributed by atoms with Crippen molar-refractivity contribution < 1.29 is 22.9 Å². The summed E-state index contributed by atoms with van der Waals surface area (Å²) < 4.78 is 40.0. The second-order valence-corrected chi connectivity index (χ2v) is 6.79. The number of nitro benzene ring substituents is 1. The van der Waals surface area contributed by atoms with Crippen LogP contribution in [0.15, 0.2) is 72.8 Å². The van der Waals surface area contributed by atoms with Crippen molar-refractivity contribution in [3.8, 4) is 11.1 Å². The Morgan fingerprint density at radius 1 is 0.968 bits per heavy atom. The molecule has 0 bridgehead atoms. The van der Waals surface area contributed by atoms with Crippen LogP contribution in [0, 0.1) is 10.1 Å². The van der Waals surface area contributed by atoms with Crippen LogP contribution in [-0.2, 0) is 6.18 Å². The van der Waals surface area contributed by atoms with Gasteiger partial charge >= 0.3 is 6.18 Å². The van der Waals surface area contributed by atoms with Crippen molar-refractivity contribution in [1.82, 2.24) is 4.98 Å². The molecule has 0 unspecified atom stereocenters. The molecular formula is C22H14F3N3O3. The molecule has 0 spiro atoms. The maximum Gasteiger partial charge on any atom is 0.417 e. The molecule has 0 aliphatic heterocycles. The van der Waals surface area contributed by atoms with Crippen LogP contribution in [0.5, 0.6) is 0 Å². The van der Waals surface area contributed by atoms with E-state index in [1.54, 1.807) is 12.1 Å². The van der Waals surface area contributed by atoms with E-state index in [0.29, 0.717) is 22.2 Å².